The zero-order valence-electron chi connectivity index (χ0n) is 18.3. The minimum absolute atomic E-state index is 0.176. The van der Waals surface area contributed by atoms with Crippen LogP contribution in [0.3, 0.4) is 0 Å². The lowest BCUT2D eigenvalue weighted by Crippen LogP contribution is -2.36. The molecule has 5 rings (SSSR count). The molecule has 1 aliphatic heterocycles. The van der Waals surface area contributed by atoms with Gasteiger partial charge in [0.15, 0.2) is 0 Å². The Labute approximate surface area is 189 Å². The van der Waals surface area contributed by atoms with Gasteiger partial charge in [-0.1, -0.05) is 0 Å². The first-order chi connectivity index (χ1) is 16.0. The Bertz CT molecular complexity index is 1360. The molecule has 1 amide bonds. The van der Waals surface area contributed by atoms with Crippen molar-refractivity contribution in [2.75, 3.05) is 38.3 Å². The Morgan fingerprint density at radius 1 is 1.15 bits per heavy atom. The van der Waals surface area contributed by atoms with Crippen molar-refractivity contribution in [2.24, 2.45) is 5.73 Å². The molecular weight excluding hydrogens is 427 g/mol. The van der Waals surface area contributed by atoms with Gasteiger partial charge in [-0.2, -0.15) is 5.10 Å². The summed E-state index contributed by atoms with van der Waals surface area (Å²) >= 11 is 0. The van der Waals surface area contributed by atoms with Crippen molar-refractivity contribution in [1.29, 1.82) is 0 Å². The van der Waals surface area contributed by atoms with Crippen LogP contribution in [0, 0.1) is 12.7 Å². The first kappa shape index (κ1) is 21.0. The number of anilines is 1. The Morgan fingerprint density at radius 2 is 1.94 bits per heavy atom. The highest BCUT2D eigenvalue weighted by molar-refractivity contribution is 5.93. The monoisotopic (exact) mass is 450 g/mol. The van der Waals surface area contributed by atoms with E-state index in [4.69, 9.17) is 15.2 Å². The number of morpholine rings is 1. The van der Waals surface area contributed by atoms with Gasteiger partial charge in [-0.05, 0) is 24.6 Å². The summed E-state index contributed by atoms with van der Waals surface area (Å²) in [5.41, 5.74) is 9.68. The van der Waals surface area contributed by atoms with Crippen LogP contribution in [0.1, 0.15) is 15.9 Å². The molecule has 0 bridgehead atoms. The van der Waals surface area contributed by atoms with Crippen molar-refractivity contribution in [3.63, 3.8) is 0 Å². The third-order valence-electron chi connectivity index (χ3n) is 5.84. The fourth-order valence-corrected chi connectivity index (χ4v) is 4.10. The maximum Gasteiger partial charge on any atom is 0.251 e. The van der Waals surface area contributed by atoms with E-state index in [1.54, 1.807) is 31.1 Å². The average molecular weight is 450 g/mol. The number of fused-ring (bicyclic) bond motifs is 1. The molecule has 4 aromatic rings. The number of ether oxygens (including phenoxy) is 2. The Hall–Kier alpha value is -3.92. The molecule has 4 heterocycles. The van der Waals surface area contributed by atoms with Crippen LogP contribution in [0.4, 0.5) is 10.1 Å². The molecule has 170 valence electrons. The number of methoxy groups -OCH3 is 1. The Balaban J connectivity index is 1.57. The summed E-state index contributed by atoms with van der Waals surface area (Å²) in [6, 6.07) is 4.60. The molecule has 33 heavy (non-hydrogen) atoms. The molecule has 1 aliphatic rings. The standard InChI is InChI=1S/C23H23FN6O3/c1-14-7-17(24)16(23(25)31)8-18(14)30-12-15(10-27-30)19-11-26-22-9-21(32-2)20(13-29(19)22)28-3-5-33-6-4-28/h7-13H,3-6H2,1-2H3,(H2,25,31). The van der Waals surface area contributed by atoms with Crippen LogP contribution in [-0.2, 0) is 4.74 Å². The Morgan fingerprint density at radius 3 is 2.67 bits per heavy atom. The number of imidazole rings is 1. The number of amides is 1. The van der Waals surface area contributed by atoms with E-state index in [9.17, 15) is 9.18 Å². The predicted molar refractivity (Wildman–Crippen MR) is 121 cm³/mol. The molecule has 0 spiro atoms. The van der Waals surface area contributed by atoms with E-state index in [1.807, 2.05) is 22.9 Å². The first-order valence-corrected chi connectivity index (χ1v) is 10.5. The van der Waals surface area contributed by atoms with Gasteiger partial charge < -0.3 is 20.1 Å². The number of rotatable bonds is 5. The minimum atomic E-state index is -0.826. The summed E-state index contributed by atoms with van der Waals surface area (Å²) in [6.45, 7) is 4.62. The van der Waals surface area contributed by atoms with E-state index < -0.39 is 11.7 Å². The zero-order chi connectivity index (χ0) is 23.1. The number of carbonyl (C=O) groups is 1. The number of benzene rings is 1. The van der Waals surface area contributed by atoms with E-state index in [-0.39, 0.29) is 5.56 Å². The van der Waals surface area contributed by atoms with E-state index >= 15 is 0 Å². The summed E-state index contributed by atoms with van der Waals surface area (Å²) in [4.78, 5) is 18.3. The number of aromatic nitrogens is 4. The largest absolute Gasteiger partial charge is 0.494 e. The lowest BCUT2D eigenvalue weighted by atomic mass is 10.1. The first-order valence-electron chi connectivity index (χ1n) is 10.5. The number of nitrogens with two attached hydrogens (primary N) is 1. The van der Waals surface area contributed by atoms with Crippen LogP contribution in [0.5, 0.6) is 5.75 Å². The second-order valence-electron chi connectivity index (χ2n) is 7.85. The number of aryl methyl sites for hydroxylation is 1. The summed E-state index contributed by atoms with van der Waals surface area (Å²) < 4.78 is 28.8. The molecule has 1 fully saturated rings. The van der Waals surface area contributed by atoms with Gasteiger partial charge in [0.2, 0.25) is 0 Å². The molecule has 2 N–H and O–H groups in total. The third-order valence-corrected chi connectivity index (χ3v) is 5.84. The van der Waals surface area contributed by atoms with Crippen molar-refractivity contribution in [3.05, 3.63) is 59.9 Å². The lowest BCUT2D eigenvalue weighted by Gasteiger charge is -2.30. The molecule has 0 atom stereocenters. The maximum absolute atomic E-state index is 14.1. The van der Waals surface area contributed by atoms with Gasteiger partial charge in [-0.3, -0.25) is 9.20 Å². The van der Waals surface area contributed by atoms with Crippen LogP contribution < -0.4 is 15.4 Å². The number of primary amides is 1. The fraction of sp³-hybridized carbons (Fsp3) is 0.261. The smallest absolute Gasteiger partial charge is 0.251 e. The molecule has 0 radical (unpaired) electrons. The molecule has 10 heteroatoms. The highest BCUT2D eigenvalue weighted by Crippen LogP contribution is 2.33. The summed E-state index contributed by atoms with van der Waals surface area (Å²) in [7, 11) is 1.65. The molecule has 0 aliphatic carbocycles. The normalized spacial score (nSPS) is 14.1. The van der Waals surface area contributed by atoms with Crippen LogP contribution in [-0.4, -0.2) is 58.5 Å². The number of halogens is 1. The van der Waals surface area contributed by atoms with Crippen molar-refractivity contribution in [1.82, 2.24) is 19.2 Å². The van der Waals surface area contributed by atoms with Gasteiger partial charge in [0.25, 0.3) is 5.91 Å². The third kappa shape index (κ3) is 3.68. The number of carbonyl (C=O) groups excluding carboxylic acids is 1. The second kappa shape index (κ2) is 8.21. The molecule has 3 aromatic heterocycles. The number of hydrogen-bond donors (Lipinski definition) is 1. The summed E-state index contributed by atoms with van der Waals surface area (Å²) in [5, 5.41) is 4.44. The molecule has 1 aromatic carbocycles. The summed E-state index contributed by atoms with van der Waals surface area (Å²) in [5.74, 6) is -0.729. The SMILES string of the molecule is COc1cc2ncc(-c3cnn(-c4cc(C(N)=O)c(F)cc4C)c3)n2cc1N1CCOCC1. The van der Waals surface area contributed by atoms with Crippen LogP contribution in [0.15, 0.2) is 43.0 Å². The second-order valence-corrected chi connectivity index (χ2v) is 7.85. The van der Waals surface area contributed by atoms with E-state index in [0.29, 0.717) is 24.5 Å². The number of nitrogens with zero attached hydrogens (tertiary/aromatic N) is 5. The van der Waals surface area contributed by atoms with Crippen molar-refractivity contribution in [3.8, 4) is 22.7 Å². The van der Waals surface area contributed by atoms with E-state index in [0.717, 1.165) is 41.4 Å². The van der Waals surface area contributed by atoms with Gasteiger partial charge in [0.05, 0.1) is 55.3 Å². The van der Waals surface area contributed by atoms with Crippen LogP contribution in [0.2, 0.25) is 0 Å². The van der Waals surface area contributed by atoms with E-state index in [1.165, 1.54) is 12.1 Å². The molecule has 1 saturated heterocycles. The minimum Gasteiger partial charge on any atom is -0.494 e. The Kier molecular flexibility index (Phi) is 5.21. The van der Waals surface area contributed by atoms with Gasteiger partial charge in [0, 0.05) is 37.1 Å². The van der Waals surface area contributed by atoms with Gasteiger partial charge >= 0.3 is 0 Å². The van der Waals surface area contributed by atoms with Gasteiger partial charge in [0.1, 0.15) is 17.2 Å². The quantitative estimate of drug-likeness (QED) is 0.502. The lowest BCUT2D eigenvalue weighted by molar-refractivity contribution is 0.0996. The van der Waals surface area contributed by atoms with Crippen molar-refractivity contribution in [2.45, 2.75) is 6.92 Å². The molecule has 0 saturated carbocycles. The van der Waals surface area contributed by atoms with Crippen molar-refractivity contribution >= 4 is 17.2 Å². The van der Waals surface area contributed by atoms with E-state index in [2.05, 4.69) is 15.0 Å². The molecule has 0 unspecified atom stereocenters. The highest BCUT2D eigenvalue weighted by Gasteiger charge is 2.19. The zero-order valence-corrected chi connectivity index (χ0v) is 18.3. The van der Waals surface area contributed by atoms with Gasteiger partial charge in [-0.25, -0.2) is 14.1 Å². The topological polar surface area (TPSA) is 99.9 Å². The van der Waals surface area contributed by atoms with Crippen molar-refractivity contribution < 1.29 is 18.7 Å². The molecular formula is C23H23FN6O3. The maximum atomic E-state index is 14.1. The predicted octanol–water partition coefficient (Wildman–Crippen LogP) is 2.58. The number of hydrogen-bond acceptors (Lipinski definition) is 6. The fourth-order valence-electron chi connectivity index (χ4n) is 4.10. The highest BCUT2D eigenvalue weighted by atomic mass is 19.1. The number of pyridine rings is 1. The average Bonchev–Trinajstić information content (AvgIpc) is 3.45. The van der Waals surface area contributed by atoms with Crippen LogP contribution >= 0.6 is 0 Å². The van der Waals surface area contributed by atoms with Gasteiger partial charge in [-0.15, -0.1) is 0 Å². The van der Waals surface area contributed by atoms with Crippen LogP contribution in [0.25, 0.3) is 22.6 Å². The molecule has 9 nitrogen and oxygen atoms in total. The summed E-state index contributed by atoms with van der Waals surface area (Å²) in [6.07, 6.45) is 7.29.